The summed E-state index contributed by atoms with van der Waals surface area (Å²) in [5, 5.41) is 12.7. The number of hydrogen-bond donors (Lipinski definition) is 1. The Morgan fingerprint density at radius 1 is 1.24 bits per heavy atom. The largest absolute Gasteiger partial charge is 0.372 e. The van der Waals surface area contributed by atoms with E-state index in [0.29, 0.717) is 19.0 Å². The van der Waals surface area contributed by atoms with E-state index < -0.39 is 10.0 Å². The van der Waals surface area contributed by atoms with Gasteiger partial charge in [0.2, 0.25) is 0 Å². The van der Waals surface area contributed by atoms with E-state index >= 15 is 0 Å². The van der Waals surface area contributed by atoms with Gasteiger partial charge in [0, 0.05) is 11.6 Å². The molecule has 0 saturated heterocycles. The minimum atomic E-state index is -3.91. The van der Waals surface area contributed by atoms with E-state index in [9.17, 15) is 8.42 Å². The van der Waals surface area contributed by atoms with Crippen LogP contribution in [0.2, 0.25) is 0 Å². The van der Waals surface area contributed by atoms with Gasteiger partial charge in [-0.05, 0) is 31.0 Å². The van der Waals surface area contributed by atoms with Crippen molar-refractivity contribution in [2.75, 3.05) is 0 Å². The first-order valence-corrected chi connectivity index (χ1v) is 8.10. The van der Waals surface area contributed by atoms with E-state index in [4.69, 9.17) is 9.88 Å². The van der Waals surface area contributed by atoms with E-state index in [1.165, 1.54) is 4.57 Å². The van der Waals surface area contributed by atoms with Crippen LogP contribution in [0.5, 0.6) is 0 Å². The van der Waals surface area contributed by atoms with Crippen molar-refractivity contribution in [2.24, 2.45) is 5.14 Å². The molecule has 1 aromatic carbocycles. The van der Waals surface area contributed by atoms with Crippen LogP contribution >= 0.6 is 0 Å². The fraction of sp³-hybridized carbons (Fsp3) is 0.385. The zero-order chi connectivity index (χ0) is 15.2. The second-order valence-electron chi connectivity index (χ2n) is 5.29. The number of sulfonamides is 1. The molecule has 1 aliphatic rings. The third kappa shape index (κ3) is 2.45. The van der Waals surface area contributed by atoms with E-state index in [-0.39, 0.29) is 11.2 Å². The van der Waals surface area contributed by atoms with Crippen LogP contribution in [0.3, 0.4) is 0 Å². The summed E-state index contributed by atoms with van der Waals surface area (Å²) in [6, 6.07) is 5.68. The molecule has 0 spiro atoms. The van der Waals surface area contributed by atoms with Crippen molar-refractivity contribution in [3.05, 3.63) is 29.3 Å². The monoisotopic (exact) mass is 308 g/mol. The first-order chi connectivity index (χ1) is 9.88. The van der Waals surface area contributed by atoms with Gasteiger partial charge in [-0.1, -0.05) is 12.1 Å². The number of nitrogens with zero attached hydrogens (tertiary/aromatic N) is 3. The van der Waals surface area contributed by atoms with Gasteiger partial charge < -0.3 is 4.74 Å². The van der Waals surface area contributed by atoms with Crippen molar-refractivity contribution < 1.29 is 13.2 Å². The predicted octanol–water partition coefficient (Wildman–Crippen LogP) is 1.20. The molecule has 0 bridgehead atoms. The molecule has 8 heteroatoms. The normalized spacial score (nSPS) is 14.7. The lowest BCUT2D eigenvalue weighted by molar-refractivity contribution is 0.134. The number of benzene rings is 1. The molecule has 21 heavy (non-hydrogen) atoms. The summed E-state index contributed by atoms with van der Waals surface area (Å²) < 4.78 is 30.2. The van der Waals surface area contributed by atoms with Crippen LogP contribution in [0.25, 0.3) is 11.4 Å². The lowest BCUT2D eigenvalue weighted by Gasteiger charge is -2.13. The van der Waals surface area contributed by atoms with Gasteiger partial charge in [-0.3, -0.25) is 4.57 Å². The van der Waals surface area contributed by atoms with E-state index in [2.05, 4.69) is 10.2 Å². The Morgan fingerprint density at radius 2 is 1.95 bits per heavy atom. The average molecular weight is 308 g/mol. The van der Waals surface area contributed by atoms with Gasteiger partial charge in [0.25, 0.3) is 15.2 Å². The van der Waals surface area contributed by atoms with Crippen molar-refractivity contribution in [2.45, 2.75) is 38.3 Å². The molecule has 0 aliphatic carbocycles. The number of rotatable bonds is 3. The standard InChI is InChI=1S/C13H16N4O3S/c1-8(2)17-12(15-16-13(17)21(14,18)19)9-3-4-10-6-20-7-11(10)5-9/h3-5,8H,6-7H2,1-2H3,(H2,14,18,19). The Kier molecular flexibility index (Phi) is 3.31. The van der Waals surface area contributed by atoms with E-state index in [1.54, 1.807) is 0 Å². The number of aromatic nitrogens is 3. The highest BCUT2D eigenvalue weighted by Crippen LogP contribution is 2.28. The maximum Gasteiger partial charge on any atom is 0.273 e. The fourth-order valence-corrected chi connectivity index (χ4v) is 3.17. The SMILES string of the molecule is CC(C)n1c(-c2ccc3c(c2)COC3)nnc1S(N)(=O)=O. The molecule has 0 unspecified atom stereocenters. The Bertz CT molecular complexity index is 796. The van der Waals surface area contributed by atoms with Gasteiger partial charge in [-0.2, -0.15) is 0 Å². The van der Waals surface area contributed by atoms with Gasteiger partial charge in [0.1, 0.15) is 0 Å². The molecule has 0 radical (unpaired) electrons. The molecule has 2 heterocycles. The zero-order valence-corrected chi connectivity index (χ0v) is 12.6. The first kappa shape index (κ1) is 14.2. The van der Waals surface area contributed by atoms with Crippen LogP contribution in [0, 0.1) is 0 Å². The summed E-state index contributed by atoms with van der Waals surface area (Å²) in [6.07, 6.45) is 0. The second-order valence-corrected chi connectivity index (χ2v) is 6.75. The van der Waals surface area contributed by atoms with Crippen molar-refractivity contribution in [3.8, 4) is 11.4 Å². The third-order valence-corrected chi connectivity index (χ3v) is 4.20. The minimum Gasteiger partial charge on any atom is -0.372 e. The summed E-state index contributed by atoms with van der Waals surface area (Å²) in [6.45, 7) is 4.88. The average Bonchev–Trinajstić information content (AvgIpc) is 3.03. The number of hydrogen-bond acceptors (Lipinski definition) is 5. The summed E-state index contributed by atoms with van der Waals surface area (Å²) in [5.41, 5.74) is 3.03. The van der Waals surface area contributed by atoms with Gasteiger partial charge >= 0.3 is 0 Å². The molecule has 0 amide bonds. The Hall–Kier alpha value is -1.77. The number of nitrogens with two attached hydrogens (primary N) is 1. The summed E-state index contributed by atoms with van der Waals surface area (Å²) in [5.74, 6) is 0.490. The van der Waals surface area contributed by atoms with Gasteiger partial charge in [-0.25, -0.2) is 13.6 Å². The van der Waals surface area contributed by atoms with Crippen molar-refractivity contribution >= 4 is 10.0 Å². The first-order valence-electron chi connectivity index (χ1n) is 6.55. The molecule has 3 rings (SSSR count). The zero-order valence-electron chi connectivity index (χ0n) is 11.8. The summed E-state index contributed by atoms with van der Waals surface area (Å²) in [7, 11) is -3.91. The smallest absolute Gasteiger partial charge is 0.273 e. The number of ether oxygens (including phenoxy) is 1. The second kappa shape index (κ2) is 4.90. The van der Waals surface area contributed by atoms with Crippen molar-refractivity contribution in [3.63, 3.8) is 0 Å². The molecule has 0 fully saturated rings. The maximum absolute atomic E-state index is 11.6. The highest BCUT2D eigenvalue weighted by atomic mass is 32.2. The van der Waals surface area contributed by atoms with E-state index in [0.717, 1.165) is 16.7 Å². The molecule has 7 nitrogen and oxygen atoms in total. The van der Waals surface area contributed by atoms with E-state index in [1.807, 2.05) is 32.0 Å². The number of fused-ring (bicyclic) bond motifs is 1. The summed E-state index contributed by atoms with van der Waals surface area (Å²) in [4.78, 5) is 0. The Balaban J connectivity index is 2.17. The van der Waals surface area contributed by atoms with Crippen LogP contribution < -0.4 is 5.14 Å². The molecule has 2 N–H and O–H groups in total. The van der Waals surface area contributed by atoms with Crippen LogP contribution in [-0.2, 0) is 28.0 Å². The molecule has 0 atom stereocenters. The quantitative estimate of drug-likeness (QED) is 0.918. The third-order valence-electron chi connectivity index (χ3n) is 3.42. The highest BCUT2D eigenvalue weighted by molar-refractivity contribution is 7.89. The lowest BCUT2D eigenvalue weighted by Crippen LogP contribution is -2.20. The molecular weight excluding hydrogens is 292 g/mol. The summed E-state index contributed by atoms with van der Waals surface area (Å²) >= 11 is 0. The molecular formula is C13H16N4O3S. The fourth-order valence-electron chi connectivity index (χ4n) is 2.44. The number of primary sulfonamides is 1. The van der Waals surface area contributed by atoms with Crippen molar-refractivity contribution in [1.29, 1.82) is 0 Å². The molecule has 112 valence electrons. The van der Waals surface area contributed by atoms with Gasteiger partial charge in [0.05, 0.1) is 13.2 Å². The van der Waals surface area contributed by atoms with Gasteiger partial charge in [0.15, 0.2) is 5.82 Å². The van der Waals surface area contributed by atoms with Gasteiger partial charge in [-0.15, -0.1) is 10.2 Å². The van der Waals surface area contributed by atoms with Crippen molar-refractivity contribution in [1.82, 2.24) is 14.8 Å². The molecule has 1 aromatic heterocycles. The predicted molar refractivity (Wildman–Crippen MR) is 75.7 cm³/mol. The lowest BCUT2D eigenvalue weighted by atomic mass is 10.1. The molecule has 1 aliphatic heterocycles. The molecule has 2 aromatic rings. The van der Waals surface area contributed by atoms with Crippen LogP contribution in [0.4, 0.5) is 0 Å². The van der Waals surface area contributed by atoms with Crippen LogP contribution in [0.15, 0.2) is 23.4 Å². The molecule has 0 saturated carbocycles. The maximum atomic E-state index is 11.6. The highest BCUT2D eigenvalue weighted by Gasteiger charge is 2.24. The van der Waals surface area contributed by atoms with Crippen LogP contribution in [0.1, 0.15) is 31.0 Å². The Labute approximate surface area is 122 Å². The topological polar surface area (TPSA) is 100 Å². The minimum absolute atomic E-state index is 0.132. The van der Waals surface area contributed by atoms with Crippen LogP contribution in [-0.4, -0.2) is 23.2 Å². The Morgan fingerprint density at radius 3 is 2.62 bits per heavy atom.